The van der Waals surface area contributed by atoms with E-state index in [9.17, 15) is 0 Å². The molecular weight excluding hydrogens is 240 g/mol. The topological polar surface area (TPSA) is 79.2 Å². The normalized spacial score (nSPS) is 10.9. The number of benzene rings is 2. The fraction of sp³-hybridized carbons (Fsp3) is 0. The zero-order valence-corrected chi connectivity index (χ0v) is 9.93. The van der Waals surface area contributed by atoms with Gasteiger partial charge in [0, 0.05) is 5.56 Å². The van der Waals surface area contributed by atoms with Crippen molar-refractivity contribution in [1.29, 1.82) is 0 Å². The molecule has 0 aliphatic carbocycles. The van der Waals surface area contributed by atoms with E-state index in [4.69, 9.17) is 0 Å². The van der Waals surface area contributed by atoms with Gasteiger partial charge in [-0.15, -0.1) is 5.10 Å². The zero-order chi connectivity index (χ0) is 12.9. The van der Waals surface area contributed by atoms with Crippen LogP contribution in [0.3, 0.4) is 0 Å². The second-order valence-electron chi connectivity index (χ2n) is 3.83. The Kier molecular flexibility index (Phi) is 3.05. The molecule has 3 aromatic rings. The van der Waals surface area contributed by atoms with Crippen molar-refractivity contribution in [3.8, 4) is 11.4 Å². The second kappa shape index (κ2) is 5.18. The predicted octanol–water partition coefficient (Wildman–Crippen LogP) is 3.28. The lowest BCUT2D eigenvalue weighted by Crippen LogP contribution is -1.79. The molecular formula is C13H10N6. The van der Waals surface area contributed by atoms with Crippen LogP contribution in [-0.4, -0.2) is 20.6 Å². The smallest absolute Gasteiger partial charge is 0.179 e. The highest BCUT2D eigenvalue weighted by molar-refractivity contribution is 5.57. The highest BCUT2D eigenvalue weighted by Crippen LogP contribution is 2.21. The summed E-state index contributed by atoms with van der Waals surface area (Å²) in [5, 5.41) is 21.9. The van der Waals surface area contributed by atoms with Crippen LogP contribution in [0.2, 0.25) is 0 Å². The van der Waals surface area contributed by atoms with Gasteiger partial charge in [0.15, 0.2) is 5.82 Å². The Morgan fingerprint density at radius 3 is 2.11 bits per heavy atom. The third kappa shape index (κ3) is 2.68. The third-order valence-electron chi connectivity index (χ3n) is 2.52. The lowest BCUT2D eigenvalue weighted by atomic mass is 10.2. The van der Waals surface area contributed by atoms with E-state index in [2.05, 4.69) is 30.9 Å². The van der Waals surface area contributed by atoms with Gasteiger partial charge in [0.05, 0.1) is 11.4 Å². The first-order chi connectivity index (χ1) is 9.42. The summed E-state index contributed by atoms with van der Waals surface area (Å²) in [6.07, 6.45) is 0. The fourth-order valence-electron chi connectivity index (χ4n) is 1.58. The van der Waals surface area contributed by atoms with Gasteiger partial charge in [-0.1, -0.05) is 18.2 Å². The first-order valence-electron chi connectivity index (χ1n) is 5.73. The zero-order valence-electron chi connectivity index (χ0n) is 9.93. The van der Waals surface area contributed by atoms with Crippen molar-refractivity contribution in [2.75, 3.05) is 0 Å². The number of hydrogen-bond donors (Lipinski definition) is 1. The summed E-state index contributed by atoms with van der Waals surface area (Å²) in [5.74, 6) is 0.631. The molecule has 0 saturated heterocycles. The van der Waals surface area contributed by atoms with Gasteiger partial charge in [-0.2, -0.15) is 10.2 Å². The Labute approximate surface area is 109 Å². The molecule has 2 aromatic carbocycles. The van der Waals surface area contributed by atoms with Crippen LogP contribution in [0.5, 0.6) is 0 Å². The monoisotopic (exact) mass is 250 g/mol. The number of azo groups is 1. The fourth-order valence-corrected chi connectivity index (χ4v) is 1.58. The van der Waals surface area contributed by atoms with Crippen molar-refractivity contribution < 1.29 is 0 Å². The molecule has 1 heterocycles. The quantitative estimate of drug-likeness (QED) is 0.724. The number of tetrazole rings is 1. The van der Waals surface area contributed by atoms with Gasteiger partial charge in [0.2, 0.25) is 0 Å². The van der Waals surface area contributed by atoms with E-state index in [-0.39, 0.29) is 0 Å². The van der Waals surface area contributed by atoms with Gasteiger partial charge >= 0.3 is 0 Å². The van der Waals surface area contributed by atoms with Crippen LogP contribution in [0.25, 0.3) is 11.4 Å². The van der Waals surface area contributed by atoms with E-state index in [1.54, 1.807) is 0 Å². The summed E-state index contributed by atoms with van der Waals surface area (Å²) in [6, 6.07) is 17.1. The van der Waals surface area contributed by atoms with Gasteiger partial charge in [-0.25, -0.2) is 5.10 Å². The minimum Gasteiger partial charge on any atom is -0.239 e. The number of hydrogen-bond acceptors (Lipinski definition) is 5. The second-order valence-corrected chi connectivity index (χ2v) is 3.83. The third-order valence-corrected chi connectivity index (χ3v) is 2.52. The van der Waals surface area contributed by atoms with Crippen LogP contribution < -0.4 is 0 Å². The Hall–Kier alpha value is -2.89. The molecule has 0 spiro atoms. The minimum absolute atomic E-state index is 0.631. The largest absolute Gasteiger partial charge is 0.239 e. The van der Waals surface area contributed by atoms with Gasteiger partial charge < -0.3 is 0 Å². The van der Waals surface area contributed by atoms with Crippen LogP contribution in [-0.2, 0) is 0 Å². The van der Waals surface area contributed by atoms with Crippen molar-refractivity contribution in [3.05, 3.63) is 54.6 Å². The van der Waals surface area contributed by atoms with Gasteiger partial charge in [0.25, 0.3) is 0 Å². The van der Waals surface area contributed by atoms with Crippen molar-refractivity contribution in [2.24, 2.45) is 10.2 Å². The van der Waals surface area contributed by atoms with E-state index >= 15 is 0 Å². The first-order valence-corrected chi connectivity index (χ1v) is 5.73. The van der Waals surface area contributed by atoms with Crippen molar-refractivity contribution in [2.45, 2.75) is 0 Å². The molecule has 0 bridgehead atoms. The highest BCUT2D eigenvalue weighted by atomic mass is 15.5. The number of aromatic nitrogens is 4. The SMILES string of the molecule is c1ccc(/N=N/c2ccc(-c3nnn[nH]3)cc2)cc1. The Morgan fingerprint density at radius 1 is 0.789 bits per heavy atom. The summed E-state index contributed by atoms with van der Waals surface area (Å²) in [6.45, 7) is 0. The number of H-pyrrole nitrogens is 1. The number of nitrogens with one attached hydrogen (secondary N) is 1. The van der Waals surface area contributed by atoms with E-state index < -0.39 is 0 Å². The molecule has 0 saturated carbocycles. The van der Waals surface area contributed by atoms with E-state index in [1.807, 2.05) is 54.6 Å². The Bertz CT molecular complexity index is 658. The molecule has 6 nitrogen and oxygen atoms in total. The molecule has 0 aliphatic rings. The van der Waals surface area contributed by atoms with Crippen LogP contribution >= 0.6 is 0 Å². The molecule has 19 heavy (non-hydrogen) atoms. The molecule has 6 heteroatoms. The van der Waals surface area contributed by atoms with Gasteiger partial charge in [-0.05, 0) is 46.8 Å². The molecule has 1 N–H and O–H groups in total. The number of rotatable bonds is 3. The molecule has 3 rings (SSSR count). The molecule has 0 amide bonds. The molecule has 0 radical (unpaired) electrons. The van der Waals surface area contributed by atoms with Gasteiger partial charge in [-0.3, -0.25) is 0 Å². The average Bonchev–Trinajstić information content (AvgIpc) is 3.01. The summed E-state index contributed by atoms with van der Waals surface area (Å²) >= 11 is 0. The lowest BCUT2D eigenvalue weighted by Gasteiger charge is -1.96. The van der Waals surface area contributed by atoms with E-state index in [0.717, 1.165) is 16.9 Å². The molecule has 1 aromatic heterocycles. The van der Waals surface area contributed by atoms with Crippen molar-refractivity contribution in [1.82, 2.24) is 20.6 Å². The molecule has 0 unspecified atom stereocenters. The maximum Gasteiger partial charge on any atom is 0.179 e. The summed E-state index contributed by atoms with van der Waals surface area (Å²) < 4.78 is 0. The molecule has 0 atom stereocenters. The van der Waals surface area contributed by atoms with E-state index in [1.165, 1.54) is 0 Å². The summed E-state index contributed by atoms with van der Waals surface area (Å²) in [7, 11) is 0. The van der Waals surface area contributed by atoms with Crippen LogP contribution in [0, 0.1) is 0 Å². The molecule has 92 valence electrons. The summed E-state index contributed by atoms with van der Waals surface area (Å²) in [4.78, 5) is 0. The standard InChI is InChI=1S/C13H10N6/c1-2-4-11(5-3-1)14-15-12-8-6-10(7-9-12)13-16-18-19-17-13/h1-9H,(H,16,17,18,19)/b15-14+. The van der Waals surface area contributed by atoms with Crippen molar-refractivity contribution in [3.63, 3.8) is 0 Å². The Morgan fingerprint density at radius 2 is 1.47 bits per heavy atom. The predicted molar refractivity (Wildman–Crippen MR) is 70.2 cm³/mol. The maximum absolute atomic E-state index is 4.16. The first kappa shape index (κ1) is 11.2. The lowest BCUT2D eigenvalue weighted by molar-refractivity contribution is 0.881. The van der Waals surface area contributed by atoms with Crippen LogP contribution in [0.1, 0.15) is 0 Å². The average molecular weight is 250 g/mol. The highest BCUT2D eigenvalue weighted by Gasteiger charge is 2.00. The number of aromatic amines is 1. The Balaban J connectivity index is 1.78. The van der Waals surface area contributed by atoms with Crippen LogP contribution in [0.15, 0.2) is 64.8 Å². The minimum atomic E-state index is 0.631. The van der Waals surface area contributed by atoms with E-state index in [0.29, 0.717) is 5.82 Å². The van der Waals surface area contributed by atoms with Gasteiger partial charge in [0.1, 0.15) is 0 Å². The van der Waals surface area contributed by atoms with Crippen LogP contribution in [0.4, 0.5) is 11.4 Å². The molecule has 0 aliphatic heterocycles. The number of nitrogens with zero attached hydrogens (tertiary/aromatic N) is 5. The van der Waals surface area contributed by atoms with Crippen molar-refractivity contribution >= 4 is 11.4 Å². The molecule has 0 fully saturated rings. The summed E-state index contributed by atoms with van der Waals surface area (Å²) in [5.41, 5.74) is 2.51. The maximum atomic E-state index is 4.16.